The number of carbonyl (C=O) groups is 1. The highest BCUT2D eigenvalue weighted by atomic mass is 32.2. The number of amides is 1. The van der Waals surface area contributed by atoms with E-state index in [4.69, 9.17) is 0 Å². The molecule has 1 aliphatic rings. The Balaban J connectivity index is 2.17. The van der Waals surface area contributed by atoms with E-state index in [1.165, 1.54) is 12.5 Å². The molecule has 1 aliphatic heterocycles. The predicted molar refractivity (Wildman–Crippen MR) is 69.9 cm³/mol. The molecule has 1 amide bonds. The van der Waals surface area contributed by atoms with E-state index in [1.54, 1.807) is 4.90 Å². The Hall–Kier alpha value is -1.36. The summed E-state index contributed by atoms with van der Waals surface area (Å²) in [5, 5.41) is -0.956. The van der Waals surface area contributed by atoms with Crippen LogP contribution in [-0.4, -0.2) is 37.3 Å². The Bertz CT molecular complexity index is 565. The van der Waals surface area contributed by atoms with Gasteiger partial charge in [0.2, 0.25) is 5.91 Å². The number of carbonyl (C=O) groups excluding carboxylic acids is 1. The van der Waals surface area contributed by atoms with E-state index < -0.39 is 15.1 Å². The highest BCUT2D eigenvalue weighted by molar-refractivity contribution is 7.92. The van der Waals surface area contributed by atoms with Crippen LogP contribution >= 0.6 is 0 Å². The summed E-state index contributed by atoms with van der Waals surface area (Å²) in [6, 6.07) is 7.96. The number of hydrogen-bond acceptors (Lipinski definition) is 3. The summed E-state index contributed by atoms with van der Waals surface area (Å²) in [6.45, 7) is 2.56. The van der Waals surface area contributed by atoms with Gasteiger partial charge < -0.3 is 4.90 Å². The van der Waals surface area contributed by atoms with Crippen molar-refractivity contribution in [3.05, 3.63) is 35.4 Å². The molecule has 0 N–H and O–H groups in total. The second-order valence-electron chi connectivity index (χ2n) is 4.75. The van der Waals surface area contributed by atoms with Gasteiger partial charge in [0.05, 0.1) is 0 Å². The maximum Gasteiger partial charge on any atom is 0.240 e. The molecule has 0 fully saturated rings. The SMILES string of the molecule is C[C@@H](C(=O)N1CCc2ccccc2C1)S(C)(=O)=O. The molecule has 1 aromatic rings. The van der Waals surface area contributed by atoms with Crippen LogP contribution in [0.3, 0.4) is 0 Å². The summed E-state index contributed by atoms with van der Waals surface area (Å²) in [6.07, 6.45) is 1.89. The number of fused-ring (bicyclic) bond motifs is 1. The van der Waals surface area contributed by atoms with Crippen molar-refractivity contribution in [2.75, 3.05) is 12.8 Å². The molecule has 0 radical (unpaired) electrons. The molecule has 1 aromatic carbocycles. The first kappa shape index (κ1) is 13.1. The number of rotatable bonds is 2. The molecule has 2 rings (SSSR count). The van der Waals surface area contributed by atoms with Gasteiger partial charge in [0, 0.05) is 19.3 Å². The van der Waals surface area contributed by atoms with Crippen molar-refractivity contribution in [1.82, 2.24) is 4.90 Å². The molecule has 98 valence electrons. The number of benzene rings is 1. The Morgan fingerprint density at radius 1 is 1.28 bits per heavy atom. The second kappa shape index (κ2) is 4.72. The highest BCUT2D eigenvalue weighted by Gasteiger charge is 2.30. The van der Waals surface area contributed by atoms with Gasteiger partial charge in [-0.1, -0.05) is 24.3 Å². The summed E-state index contributed by atoms with van der Waals surface area (Å²) >= 11 is 0. The van der Waals surface area contributed by atoms with Crippen molar-refractivity contribution >= 4 is 15.7 Å². The third kappa shape index (κ3) is 2.56. The lowest BCUT2D eigenvalue weighted by Gasteiger charge is -2.30. The molecule has 18 heavy (non-hydrogen) atoms. The third-order valence-corrected chi connectivity index (χ3v) is 4.92. The highest BCUT2D eigenvalue weighted by Crippen LogP contribution is 2.19. The van der Waals surface area contributed by atoms with E-state index in [0.29, 0.717) is 13.1 Å². The fourth-order valence-electron chi connectivity index (χ4n) is 2.12. The minimum absolute atomic E-state index is 0.299. The molecule has 0 saturated heterocycles. The number of hydrogen-bond donors (Lipinski definition) is 0. The average Bonchev–Trinajstić information content (AvgIpc) is 2.35. The molecule has 0 spiro atoms. The zero-order valence-corrected chi connectivity index (χ0v) is 11.4. The number of nitrogens with zero attached hydrogens (tertiary/aromatic N) is 1. The van der Waals surface area contributed by atoms with E-state index in [9.17, 15) is 13.2 Å². The first-order valence-corrected chi connectivity index (χ1v) is 7.89. The molecule has 0 bridgehead atoms. The summed E-state index contributed by atoms with van der Waals surface area (Å²) in [5.41, 5.74) is 2.35. The van der Waals surface area contributed by atoms with Gasteiger partial charge in [-0.05, 0) is 24.5 Å². The first-order chi connectivity index (χ1) is 8.39. The fourth-order valence-corrected chi connectivity index (χ4v) is 2.64. The van der Waals surface area contributed by atoms with Crippen LogP contribution in [-0.2, 0) is 27.6 Å². The fraction of sp³-hybridized carbons (Fsp3) is 0.462. The van der Waals surface area contributed by atoms with Gasteiger partial charge in [0.1, 0.15) is 5.25 Å². The van der Waals surface area contributed by atoms with Crippen molar-refractivity contribution in [1.29, 1.82) is 0 Å². The monoisotopic (exact) mass is 267 g/mol. The van der Waals surface area contributed by atoms with Gasteiger partial charge >= 0.3 is 0 Å². The van der Waals surface area contributed by atoms with E-state index in [-0.39, 0.29) is 5.91 Å². The smallest absolute Gasteiger partial charge is 0.240 e. The molecule has 0 aromatic heterocycles. The molecule has 1 heterocycles. The second-order valence-corrected chi connectivity index (χ2v) is 7.12. The molecule has 4 nitrogen and oxygen atoms in total. The van der Waals surface area contributed by atoms with Crippen LogP contribution in [0.15, 0.2) is 24.3 Å². The Labute approximate surface area is 108 Å². The maximum atomic E-state index is 12.1. The first-order valence-electron chi connectivity index (χ1n) is 5.94. The van der Waals surface area contributed by atoms with Gasteiger partial charge in [-0.15, -0.1) is 0 Å². The van der Waals surface area contributed by atoms with Crippen LogP contribution in [0.2, 0.25) is 0 Å². The molecule has 0 aliphatic carbocycles. The predicted octanol–water partition coefficient (Wildman–Crippen LogP) is 1.00. The van der Waals surface area contributed by atoms with E-state index >= 15 is 0 Å². The van der Waals surface area contributed by atoms with Crippen LogP contribution in [0.5, 0.6) is 0 Å². The third-order valence-electron chi connectivity index (χ3n) is 3.43. The maximum absolute atomic E-state index is 12.1. The van der Waals surface area contributed by atoms with Crippen molar-refractivity contribution in [3.8, 4) is 0 Å². The normalized spacial score (nSPS) is 17.1. The molecular formula is C13H17NO3S. The van der Waals surface area contributed by atoms with Crippen LogP contribution in [0, 0.1) is 0 Å². The number of sulfone groups is 1. The molecule has 5 heteroatoms. The lowest BCUT2D eigenvalue weighted by molar-refractivity contribution is -0.131. The van der Waals surface area contributed by atoms with Gasteiger partial charge in [0.15, 0.2) is 9.84 Å². The molecule has 0 unspecified atom stereocenters. The minimum atomic E-state index is -3.32. The largest absolute Gasteiger partial charge is 0.337 e. The van der Waals surface area contributed by atoms with E-state index in [0.717, 1.165) is 18.2 Å². The van der Waals surface area contributed by atoms with Crippen LogP contribution < -0.4 is 0 Å². The van der Waals surface area contributed by atoms with Gasteiger partial charge in [-0.3, -0.25) is 4.79 Å². The lowest BCUT2D eigenvalue weighted by Crippen LogP contribution is -2.43. The molecular weight excluding hydrogens is 250 g/mol. The van der Waals surface area contributed by atoms with Crippen LogP contribution in [0.1, 0.15) is 18.1 Å². The summed E-state index contributed by atoms with van der Waals surface area (Å²) < 4.78 is 22.8. The topological polar surface area (TPSA) is 54.5 Å². The van der Waals surface area contributed by atoms with Gasteiger partial charge in [0.25, 0.3) is 0 Å². The molecule has 1 atom stereocenters. The summed E-state index contributed by atoms with van der Waals surface area (Å²) in [7, 11) is -3.32. The van der Waals surface area contributed by atoms with Crippen LogP contribution in [0.25, 0.3) is 0 Å². The summed E-state index contributed by atoms with van der Waals surface area (Å²) in [4.78, 5) is 13.7. The van der Waals surface area contributed by atoms with Crippen LogP contribution in [0.4, 0.5) is 0 Å². The quantitative estimate of drug-likeness (QED) is 0.803. The minimum Gasteiger partial charge on any atom is -0.337 e. The lowest BCUT2D eigenvalue weighted by atomic mass is 10.00. The zero-order valence-electron chi connectivity index (χ0n) is 10.6. The standard InChI is InChI=1S/C13H17NO3S/c1-10(18(2,16)17)13(15)14-8-7-11-5-3-4-6-12(11)9-14/h3-6,10H,7-9H2,1-2H3/t10-/m0/s1. The van der Waals surface area contributed by atoms with Gasteiger partial charge in [-0.25, -0.2) is 8.42 Å². The average molecular weight is 267 g/mol. The molecule has 0 saturated carbocycles. The Kier molecular flexibility index (Phi) is 3.43. The Morgan fingerprint density at radius 2 is 1.89 bits per heavy atom. The van der Waals surface area contributed by atoms with E-state index in [2.05, 4.69) is 6.07 Å². The van der Waals surface area contributed by atoms with Crippen molar-refractivity contribution in [2.24, 2.45) is 0 Å². The Morgan fingerprint density at radius 3 is 2.50 bits per heavy atom. The van der Waals surface area contributed by atoms with Gasteiger partial charge in [-0.2, -0.15) is 0 Å². The summed E-state index contributed by atoms with van der Waals surface area (Å²) in [5.74, 6) is -0.299. The van der Waals surface area contributed by atoms with Crippen molar-refractivity contribution < 1.29 is 13.2 Å². The van der Waals surface area contributed by atoms with Crippen molar-refractivity contribution in [2.45, 2.75) is 25.1 Å². The van der Waals surface area contributed by atoms with E-state index in [1.807, 2.05) is 18.2 Å². The zero-order chi connectivity index (χ0) is 13.3. The van der Waals surface area contributed by atoms with Crippen molar-refractivity contribution in [3.63, 3.8) is 0 Å².